The van der Waals surface area contributed by atoms with E-state index in [2.05, 4.69) is 15.9 Å². The van der Waals surface area contributed by atoms with Gasteiger partial charge in [-0.1, -0.05) is 88.2 Å². The highest BCUT2D eigenvalue weighted by Gasteiger charge is 2.41. The monoisotopic (exact) mass is 602 g/mol. The number of carbonyl (C=O) groups excluding carboxylic acids is 2. The zero-order chi connectivity index (χ0) is 26.6. The summed E-state index contributed by atoms with van der Waals surface area (Å²) in [6.07, 6.45) is 1.53. The molecule has 1 saturated heterocycles. The van der Waals surface area contributed by atoms with E-state index in [1.807, 2.05) is 60.7 Å². The number of rotatable bonds is 6. The Morgan fingerprint density at radius 1 is 0.789 bits per heavy atom. The van der Waals surface area contributed by atoms with Gasteiger partial charge in [0, 0.05) is 10.0 Å². The maximum absolute atomic E-state index is 13.6. The zero-order valence-electron chi connectivity index (χ0n) is 19.9. The Morgan fingerprint density at radius 3 is 1.89 bits per heavy atom. The number of nitrogens with zero attached hydrogens (tertiary/aromatic N) is 2. The van der Waals surface area contributed by atoms with Crippen LogP contribution < -0.4 is 14.5 Å². The molecule has 0 bridgehead atoms. The van der Waals surface area contributed by atoms with Gasteiger partial charge in [-0.05, 0) is 66.3 Å². The summed E-state index contributed by atoms with van der Waals surface area (Å²) in [5.41, 5.74) is 2.65. The first-order valence-electron chi connectivity index (χ1n) is 11.6. The topological polar surface area (TPSA) is 49.9 Å². The largest absolute Gasteiger partial charge is 0.487 e. The first-order chi connectivity index (χ1) is 18.4. The summed E-state index contributed by atoms with van der Waals surface area (Å²) in [6.45, 7) is 0.327. The Labute approximate surface area is 239 Å². The van der Waals surface area contributed by atoms with Crippen molar-refractivity contribution in [3.8, 4) is 5.75 Å². The van der Waals surface area contributed by atoms with Gasteiger partial charge in [0.1, 0.15) is 17.9 Å². The van der Waals surface area contributed by atoms with E-state index in [1.165, 1.54) is 15.9 Å². The third-order valence-electron chi connectivity index (χ3n) is 5.89. The van der Waals surface area contributed by atoms with Crippen LogP contribution in [-0.2, 0) is 16.2 Å². The average molecular weight is 604 g/mol. The molecular formula is C30H20BrClN2O3S. The Bertz CT molecular complexity index is 1500. The quantitative estimate of drug-likeness (QED) is 0.131. The normalized spacial score (nSPS) is 13.6. The molecule has 38 heavy (non-hydrogen) atoms. The maximum atomic E-state index is 13.6. The fourth-order valence-electron chi connectivity index (χ4n) is 4.00. The van der Waals surface area contributed by atoms with Crippen LogP contribution in [0.4, 0.5) is 11.4 Å². The van der Waals surface area contributed by atoms with Crippen molar-refractivity contribution in [2.75, 3.05) is 9.80 Å². The van der Waals surface area contributed by atoms with Crippen molar-refractivity contribution in [3.63, 3.8) is 0 Å². The SMILES string of the molecule is O=C1C(=Cc2ccc(OCc3ccccc3Br)c(Cl)c2)C(=O)N(c2ccccc2)C(=S)N1c1ccccc1. The molecule has 0 spiro atoms. The molecule has 1 aliphatic rings. The highest BCUT2D eigenvalue weighted by atomic mass is 79.9. The van der Waals surface area contributed by atoms with Crippen LogP contribution in [-0.4, -0.2) is 16.9 Å². The molecule has 1 fully saturated rings. The van der Waals surface area contributed by atoms with E-state index in [9.17, 15) is 9.59 Å². The van der Waals surface area contributed by atoms with Crippen LogP contribution >= 0.6 is 39.7 Å². The van der Waals surface area contributed by atoms with Crippen LogP contribution in [0.25, 0.3) is 6.08 Å². The number of thiocarbonyl (C=S) groups is 1. The van der Waals surface area contributed by atoms with Gasteiger partial charge < -0.3 is 4.74 Å². The predicted octanol–water partition coefficient (Wildman–Crippen LogP) is 7.43. The third kappa shape index (κ3) is 5.27. The Hall–Kier alpha value is -3.78. The first-order valence-corrected chi connectivity index (χ1v) is 13.2. The van der Waals surface area contributed by atoms with E-state index in [-0.39, 0.29) is 10.7 Å². The van der Waals surface area contributed by atoms with Crippen LogP contribution in [0.2, 0.25) is 5.02 Å². The summed E-state index contributed by atoms with van der Waals surface area (Å²) < 4.78 is 6.85. The molecule has 4 aromatic rings. The molecule has 0 unspecified atom stereocenters. The molecule has 0 aliphatic carbocycles. The van der Waals surface area contributed by atoms with Gasteiger partial charge in [-0.3, -0.25) is 19.4 Å². The van der Waals surface area contributed by atoms with E-state index in [4.69, 9.17) is 28.6 Å². The number of hydrogen-bond acceptors (Lipinski definition) is 4. The van der Waals surface area contributed by atoms with Crippen molar-refractivity contribution in [2.45, 2.75) is 6.61 Å². The van der Waals surface area contributed by atoms with E-state index in [0.29, 0.717) is 34.3 Å². The minimum atomic E-state index is -0.510. The lowest BCUT2D eigenvalue weighted by Crippen LogP contribution is -2.56. The maximum Gasteiger partial charge on any atom is 0.270 e. The average Bonchev–Trinajstić information content (AvgIpc) is 2.93. The summed E-state index contributed by atoms with van der Waals surface area (Å²) in [5.74, 6) is -0.531. The van der Waals surface area contributed by atoms with Crippen molar-refractivity contribution in [3.05, 3.63) is 129 Å². The van der Waals surface area contributed by atoms with Crippen LogP contribution in [0.1, 0.15) is 11.1 Å². The summed E-state index contributed by atoms with van der Waals surface area (Å²) >= 11 is 15.7. The van der Waals surface area contributed by atoms with Crippen molar-refractivity contribution in [1.29, 1.82) is 0 Å². The van der Waals surface area contributed by atoms with E-state index < -0.39 is 11.8 Å². The van der Waals surface area contributed by atoms with Crippen molar-refractivity contribution in [1.82, 2.24) is 0 Å². The van der Waals surface area contributed by atoms with Crippen LogP contribution in [0, 0.1) is 0 Å². The molecule has 0 aromatic heterocycles. The second kappa shape index (κ2) is 11.3. The number of anilines is 2. The standard InChI is InChI=1S/C30H20BrClN2O3S/c31-25-14-8-7-9-21(25)19-37-27-16-15-20(18-26(27)32)17-24-28(35)33(22-10-3-1-4-11-22)30(38)34(29(24)36)23-12-5-2-6-13-23/h1-18H,19H2. The number of amides is 2. The molecule has 1 heterocycles. The number of hydrogen-bond donors (Lipinski definition) is 0. The molecule has 2 amide bonds. The van der Waals surface area contributed by atoms with Crippen LogP contribution in [0.5, 0.6) is 5.75 Å². The Morgan fingerprint density at radius 2 is 1.34 bits per heavy atom. The van der Waals surface area contributed by atoms with Crippen LogP contribution in [0.3, 0.4) is 0 Å². The van der Waals surface area contributed by atoms with Gasteiger partial charge in [0.25, 0.3) is 11.8 Å². The molecule has 188 valence electrons. The molecular weight excluding hydrogens is 584 g/mol. The molecule has 5 nitrogen and oxygen atoms in total. The summed E-state index contributed by atoms with van der Waals surface area (Å²) in [4.78, 5) is 30.0. The molecule has 8 heteroatoms. The molecule has 1 aliphatic heterocycles. The fraction of sp³-hybridized carbons (Fsp3) is 0.0333. The lowest BCUT2D eigenvalue weighted by Gasteiger charge is -2.36. The van der Waals surface area contributed by atoms with Crippen molar-refractivity contribution < 1.29 is 14.3 Å². The molecule has 0 radical (unpaired) electrons. The number of halogens is 2. The summed E-state index contributed by atoms with van der Waals surface area (Å²) in [7, 11) is 0. The van der Waals surface area contributed by atoms with Gasteiger partial charge >= 0.3 is 0 Å². The van der Waals surface area contributed by atoms with Crippen molar-refractivity contribution >= 4 is 74.1 Å². The number of ether oxygens (including phenoxy) is 1. The Balaban J connectivity index is 1.49. The molecule has 0 saturated carbocycles. The van der Waals surface area contributed by atoms with E-state index >= 15 is 0 Å². The summed E-state index contributed by atoms with van der Waals surface area (Å²) in [5, 5.41) is 0.445. The van der Waals surface area contributed by atoms with Crippen LogP contribution in [0.15, 0.2) is 113 Å². The number of carbonyl (C=O) groups is 2. The minimum Gasteiger partial charge on any atom is -0.487 e. The van der Waals surface area contributed by atoms with Gasteiger partial charge in [0.2, 0.25) is 0 Å². The smallest absolute Gasteiger partial charge is 0.270 e. The van der Waals surface area contributed by atoms with Gasteiger partial charge in [-0.25, -0.2) is 0 Å². The second-order valence-corrected chi connectivity index (χ2v) is 9.99. The predicted molar refractivity (Wildman–Crippen MR) is 158 cm³/mol. The summed E-state index contributed by atoms with van der Waals surface area (Å²) in [6, 6.07) is 30.9. The van der Waals surface area contributed by atoms with Crippen molar-refractivity contribution in [2.24, 2.45) is 0 Å². The number of benzene rings is 4. The second-order valence-electron chi connectivity index (χ2n) is 8.36. The van der Waals surface area contributed by atoms with Gasteiger partial charge in [0.05, 0.1) is 16.4 Å². The number of para-hydroxylation sites is 2. The first kappa shape index (κ1) is 25.9. The third-order valence-corrected chi connectivity index (χ3v) is 7.32. The van der Waals surface area contributed by atoms with Gasteiger partial charge in [-0.15, -0.1) is 0 Å². The van der Waals surface area contributed by atoms with Gasteiger partial charge in [0.15, 0.2) is 5.11 Å². The lowest BCUT2D eigenvalue weighted by atomic mass is 10.0. The fourth-order valence-corrected chi connectivity index (χ4v) is 5.02. The van der Waals surface area contributed by atoms with E-state index in [1.54, 1.807) is 42.5 Å². The molecule has 0 N–H and O–H groups in total. The van der Waals surface area contributed by atoms with E-state index in [0.717, 1.165) is 10.0 Å². The highest BCUT2D eigenvalue weighted by molar-refractivity contribution is 9.10. The molecule has 5 rings (SSSR count). The van der Waals surface area contributed by atoms with Gasteiger partial charge in [-0.2, -0.15) is 0 Å². The zero-order valence-corrected chi connectivity index (χ0v) is 23.0. The Kier molecular flexibility index (Phi) is 7.69. The highest BCUT2D eigenvalue weighted by Crippen LogP contribution is 2.32. The molecule has 4 aromatic carbocycles. The molecule has 0 atom stereocenters. The minimum absolute atomic E-state index is 0.0377. The lowest BCUT2D eigenvalue weighted by molar-refractivity contribution is -0.120.